The first-order valence-electron chi connectivity index (χ1n) is 7.59. The van der Waals surface area contributed by atoms with Crippen molar-refractivity contribution in [3.8, 4) is 0 Å². The average molecular weight is 334 g/mol. The molecule has 1 aliphatic heterocycles. The molecule has 7 heteroatoms. The summed E-state index contributed by atoms with van der Waals surface area (Å²) in [5.74, 6) is -0.905. The van der Waals surface area contributed by atoms with E-state index >= 15 is 0 Å². The first-order valence-corrected chi connectivity index (χ1v) is 7.59. The van der Waals surface area contributed by atoms with Crippen LogP contribution in [0.5, 0.6) is 0 Å². The van der Waals surface area contributed by atoms with E-state index in [0.29, 0.717) is 12.6 Å². The molecule has 1 aromatic carbocycles. The van der Waals surface area contributed by atoms with Gasteiger partial charge in [0.1, 0.15) is 5.82 Å². The second kappa shape index (κ2) is 6.75. The van der Waals surface area contributed by atoms with E-state index in [9.17, 15) is 22.7 Å². The van der Waals surface area contributed by atoms with Crippen LogP contribution in [-0.4, -0.2) is 41.3 Å². The number of hydrogen-bond acceptors (Lipinski definition) is 3. The molecule has 130 valence electrons. The zero-order valence-corrected chi connectivity index (χ0v) is 13.3. The summed E-state index contributed by atoms with van der Waals surface area (Å²) in [6.45, 7) is 4.97. The molecule has 0 spiro atoms. The molecule has 0 amide bonds. The Kier molecular flexibility index (Phi) is 5.33. The molecule has 2 N–H and O–H groups in total. The van der Waals surface area contributed by atoms with Crippen LogP contribution in [0.1, 0.15) is 31.4 Å². The van der Waals surface area contributed by atoms with Crippen LogP contribution in [0.15, 0.2) is 18.2 Å². The van der Waals surface area contributed by atoms with Gasteiger partial charge in [-0.3, -0.25) is 4.90 Å². The molecular weight excluding hydrogens is 312 g/mol. The van der Waals surface area contributed by atoms with E-state index in [0.717, 1.165) is 19.0 Å². The van der Waals surface area contributed by atoms with Crippen molar-refractivity contribution in [1.29, 1.82) is 0 Å². The molecule has 3 nitrogen and oxygen atoms in total. The Labute approximate surface area is 133 Å². The summed E-state index contributed by atoms with van der Waals surface area (Å²) in [4.78, 5) is 1.84. The zero-order chi connectivity index (χ0) is 17.3. The van der Waals surface area contributed by atoms with Gasteiger partial charge in [-0.1, -0.05) is 6.07 Å². The predicted octanol–water partition coefficient (Wildman–Crippen LogP) is 2.78. The van der Waals surface area contributed by atoms with E-state index in [4.69, 9.17) is 0 Å². The van der Waals surface area contributed by atoms with Crippen LogP contribution in [0.2, 0.25) is 0 Å². The van der Waals surface area contributed by atoms with Crippen LogP contribution < -0.4 is 5.32 Å². The molecule has 23 heavy (non-hydrogen) atoms. The SMILES string of the molecule is CC(C)(O)CN(Cc1ccc(F)cc1C(F)(F)F)[C@H]1CCNC1. The molecule has 1 aliphatic rings. The number of aliphatic hydroxyl groups is 1. The lowest BCUT2D eigenvalue weighted by Gasteiger charge is -2.34. The fourth-order valence-electron chi connectivity index (χ4n) is 2.93. The van der Waals surface area contributed by atoms with Crippen molar-refractivity contribution in [3.05, 3.63) is 35.1 Å². The van der Waals surface area contributed by atoms with Gasteiger partial charge < -0.3 is 10.4 Å². The summed E-state index contributed by atoms with van der Waals surface area (Å²) < 4.78 is 52.7. The maximum Gasteiger partial charge on any atom is 0.416 e. The van der Waals surface area contributed by atoms with Gasteiger partial charge in [-0.05, 0) is 44.5 Å². The third kappa shape index (κ3) is 5.16. The first kappa shape index (κ1) is 18.2. The second-order valence-corrected chi connectivity index (χ2v) is 6.66. The fraction of sp³-hybridized carbons (Fsp3) is 0.625. The normalized spacial score (nSPS) is 19.6. The fourth-order valence-corrected chi connectivity index (χ4v) is 2.93. The average Bonchev–Trinajstić information content (AvgIpc) is 2.91. The van der Waals surface area contributed by atoms with Gasteiger partial charge in [0, 0.05) is 25.7 Å². The minimum Gasteiger partial charge on any atom is -0.389 e. The highest BCUT2D eigenvalue weighted by Gasteiger charge is 2.35. The minimum atomic E-state index is -4.61. The maximum atomic E-state index is 13.2. The van der Waals surface area contributed by atoms with Gasteiger partial charge in [-0.25, -0.2) is 4.39 Å². The summed E-state index contributed by atoms with van der Waals surface area (Å²) in [7, 11) is 0. The third-order valence-corrected chi connectivity index (χ3v) is 3.89. The molecule has 1 atom stereocenters. The number of nitrogens with one attached hydrogen (secondary N) is 1. The number of nitrogens with zero attached hydrogens (tertiary/aromatic N) is 1. The van der Waals surface area contributed by atoms with Crippen molar-refractivity contribution in [2.24, 2.45) is 0 Å². The van der Waals surface area contributed by atoms with E-state index < -0.39 is 23.2 Å². The van der Waals surface area contributed by atoms with Crippen LogP contribution in [-0.2, 0) is 12.7 Å². The standard InChI is InChI=1S/C16H22F4N2O/c1-15(2,23)10-22(13-5-6-21-8-13)9-11-3-4-12(17)7-14(11)16(18,19)20/h3-4,7,13,21,23H,5-6,8-10H2,1-2H3/t13-/m0/s1. The summed E-state index contributed by atoms with van der Waals surface area (Å²) >= 11 is 0. The zero-order valence-electron chi connectivity index (χ0n) is 13.3. The second-order valence-electron chi connectivity index (χ2n) is 6.66. The predicted molar refractivity (Wildman–Crippen MR) is 79.4 cm³/mol. The molecule has 1 fully saturated rings. The molecule has 1 saturated heterocycles. The Morgan fingerprint density at radius 1 is 1.30 bits per heavy atom. The van der Waals surface area contributed by atoms with E-state index in [1.165, 1.54) is 6.07 Å². The van der Waals surface area contributed by atoms with Crippen molar-refractivity contribution in [1.82, 2.24) is 10.2 Å². The lowest BCUT2D eigenvalue weighted by Crippen LogP contribution is -2.45. The van der Waals surface area contributed by atoms with Crippen molar-refractivity contribution >= 4 is 0 Å². The Morgan fingerprint density at radius 3 is 2.52 bits per heavy atom. The summed E-state index contributed by atoms with van der Waals surface area (Å²) in [6.07, 6.45) is -3.80. The Morgan fingerprint density at radius 2 is 2.00 bits per heavy atom. The molecule has 0 aliphatic carbocycles. The van der Waals surface area contributed by atoms with Crippen molar-refractivity contribution in [2.75, 3.05) is 19.6 Å². The molecule has 0 aromatic heterocycles. The van der Waals surface area contributed by atoms with Crippen LogP contribution in [0.25, 0.3) is 0 Å². The molecule has 1 aromatic rings. The molecular formula is C16H22F4N2O. The van der Waals surface area contributed by atoms with Gasteiger partial charge in [-0.15, -0.1) is 0 Å². The van der Waals surface area contributed by atoms with Crippen LogP contribution in [0, 0.1) is 5.82 Å². The van der Waals surface area contributed by atoms with Crippen molar-refractivity contribution in [2.45, 2.75) is 44.6 Å². The Balaban J connectivity index is 2.28. The van der Waals surface area contributed by atoms with Crippen molar-refractivity contribution < 1.29 is 22.7 Å². The summed E-state index contributed by atoms with van der Waals surface area (Å²) in [5, 5.41) is 13.2. The largest absolute Gasteiger partial charge is 0.416 e. The highest BCUT2D eigenvalue weighted by atomic mass is 19.4. The molecule has 0 bridgehead atoms. The summed E-state index contributed by atoms with van der Waals surface area (Å²) in [6, 6.07) is 2.80. The number of alkyl halides is 3. The Bertz CT molecular complexity index is 534. The number of hydrogen-bond donors (Lipinski definition) is 2. The van der Waals surface area contributed by atoms with E-state index in [-0.39, 0.29) is 24.7 Å². The van der Waals surface area contributed by atoms with Gasteiger partial charge in [-0.2, -0.15) is 13.2 Å². The maximum absolute atomic E-state index is 13.2. The molecule has 0 saturated carbocycles. The summed E-state index contributed by atoms with van der Waals surface area (Å²) in [5.41, 5.74) is -1.96. The van der Waals surface area contributed by atoms with E-state index in [1.54, 1.807) is 13.8 Å². The lowest BCUT2D eigenvalue weighted by molar-refractivity contribution is -0.138. The lowest BCUT2D eigenvalue weighted by atomic mass is 10.0. The van der Waals surface area contributed by atoms with E-state index in [1.807, 2.05) is 4.90 Å². The number of benzene rings is 1. The topological polar surface area (TPSA) is 35.5 Å². The van der Waals surface area contributed by atoms with Gasteiger partial charge in [0.2, 0.25) is 0 Å². The highest BCUT2D eigenvalue weighted by molar-refractivity contribution is 5.30. The number of rotatable bonds is 5. The smallest absolute Gasteiger partial charge is 0.389 e. The first-order chi connectivity index (χ1) is 10.6. The van der Waals surface area contributed by atoms with Crippen LogP contribution >= 0.6 is 0 Å². The quantitative estimate of drug-likeness (QED) is 0.813. The minimum absolute atomic E-state index is 0.0193. The van der Waals surface area contributed by atoms with Crippen LogP contribution in [0.3, 0.4) is 0 Å². The molecule has 0 unspecified atom stereocenters. The highest BCUT2D eigenvalue weighted by Crippen LogP contribution is 2.33. The molecule has 1 heterocycles. The van der Waals surface area contributed by atoms with Gasteiger partial charge in [0.05, 0.1) is 11.2 Å². The molecule has 0 radical (unpaired) electrons. The van der Waals surface area contributed by atoms with Gasteiger partial charge in [0.25, 0.3) is 0 Å². The van der Waals surface area contributed by atoms with Crippen LogP contribution in [0.4, 0.5) is 17.6 Å². The van der Waals surface area contributed by atoms with E-state index in [2.05, 4.69) is 5.32 Å². The monoisotopic (exact) mass is 334 g/mol. The van der Waals surface area contributed by atoms with Gasteiger partial charge >= 0.3 is 6.18 Å². The Hall–Kier alpha value is -1.18. The van der Waals surface area contributed by atoms with Crippen molar-refractivity contribution in [3.63, 3.8) is 0 Å². The number of halogens is 4. The third-order valence-electron chi connectivity index (χ3n) is 3.89. The van der Waals surface area contributed by atoms with Gasteiger partial charge in [0.15, 0.2) is 0 Å². The molecule has 2 rings (SSSR count).